The third-order valence-electron chi connectivity index (χ3n) is 5.29. The smallest absolute Gasteiger partial charge is 0.0711 e. The van der Waals surface area contributed by atoms with Crippen LogP contribution in [0.2, 0.25) is 0 Å². The summed E-state index contributed by atoms with van der Waals surface area (Å²) in [5, 5.41) is 0. The molecule has 0 spiro atoms. The highest BCUT2D eigenvalue weighted by atomic mass is 15.3. The molecule has 0 N–H and O–H groups in total. The van der Waals surface area contributed by atoms with E-state index in [2.05, 4.69) is 58.3 Å². The van der Waals surface area contributed by atoms with Crippen molar-refractivity contribution >= 4 is 5.69 Å². The van der Waals surface area contributed by atoms with E-state index in [9.17, 15) is 0 Å². The minimum atomic E-state index is 1.03. The summed E-state index contributed by atoms with van der Waals surface area (Å²) in [5.41, 5.74) is 5.95. The average Bonchev–Trinajstić information content (AvgIpc) is 2.60. The first-order chi connectivity index (χ1) is 11.4. The summed E-state index contributed by atoms with van der Waals surface area (Å²) in [6.07, 6.45) is 6.41. The second-order valence-electron chi connectivity index (χ2n) is 6.92. The van der Waals surface area contributed by atoms with Crippen LogP contribution in [0.5, 0.6) is 0 Å². The number of fused-ring (bicyclic) bond motifs is 2. The van der Waals surface area contributed by atoms with Crippen LogP contribution in [-0.2, 0) is 19.4 Å². The standard InChI is InChI=1S/C21H26N2/c1-6-14-22(15-7-1)17-23-16-20-10-3-2-8-18(20)12-13-19-9-4-5-11-21(19)23/h2-5,8-11H,1,6-7,12-17H2. The fourth-order valence-electron chi connectivity index (χ4n) is 4.01. The van der Waals surface area contributed by atoms with Crippen molar-refractivity contribution in [3.05, 3.63) is 65.2 Å². The van der Waals surface area contributed by atoms with Crippen molar-refractivity contribution in [2.45, 2.75) is 38.6 Å². The van der Waals surface area contributed by atoms with Gasteiger partial charge >= 0.3 is 0 Å². The molecule has 2 aromatic carbocycles. The molecule has 0 bridgehead atoms. The second kappa shape index (κ2) is 6.76. The maximum Gasteiger partial charge on any atom is 0.0711 e. The number of piperidine rings is 1. The van der Waals surface area contributed by atoms with Gasteiger partial charge in [0.25, 0.3) is 0 Å². The number of para-hydroxylation sites is 1. The van der Waals surface area contributed by atoms with E-state index in [0.717, 1.165) is 26.1 Å². The lowest BCUT2D eigenvalue weighted by Gasteiger charge is -2.36. The number of benzene rings is 2. The van der Waals surface area contributed by atoms with Gasteiger partial charge in [-0.1, -0.05) is 48.9 Å². The zero-order valence-corrected chi connectivity index (χ0v) is 13.9. The quantitative estimate of drug-likeness (QED) is 0.819. The Labute approximate surface area is 139 Å². The predicted octanol–water partition coefficient (Wildman–Crippen LogP) is 4.24. The minimum absolute atomic E-state index is 1.03. The lowest BCUT2D eigenvalue weighted by molar-refractivity contribution is 0.227. The first-order valence-corrected chi connectivity index (χ1v) is 9.02. The predicted molar refractivity (Wildman–Crippen MR) is 96.8 cm³/mol. The van der Waals surface area contributed by atoms with Gasteiger partial charge in [-0.15, -0.1) is 0 Å². The van der Waals surface area contributed by atoms with E-state index in [1.54, 1.807) is 0 Å². The summed E-state index contributed by atoms with van der Waals surface area (Å²) in [6.45, 7) is 4.59. The SMILES string of the molecule is c1ccc2c(c1)CCc1ccccc1N(CN1CCCCC1)C2. The van der Waals surface area contributed by atoms with Crippen LogP contribution >= 0.6 is 0 Å². The highest BCUT2D eigenvalue weighted by molar-refractivity contribution is 5.55. The van der Waals surface area contributed by atoms with Crippen molar-refractivity contribution in [2.75, 3.05) is 24.7 Å². The van der Waals surface area contributed by atoms with Gasteiger partial charge in [0.2, 0.25) is 0 Å². The highest BCUT2D eigenvalue weighted by Crippen LogP contribution is 2.28. The Morgan fingerprint density at radius 2 is 1.35 bits per heavy atom. The van der Waals surface area contributed by atoms with Crippen molar-refractivity contribution in [3.8, 4) is 0 Å². The van der Waals surface area contributed by atoms with Gasteiger partial charge in [-0.3, -0.25) is 4.90 Å². The Morgan fingerprint density at radius 1 is 0.696 bits per heavy atom. The summed E-state index contributed by atoms with van der Waals surface area (Å²) in [7, 11) is 0. The Hall–Kier alpha value is -1.80. The number of aryl methyl sites for hydroxylation is 2. The van der Waals surface area contributed by atoms with Crippen LogP contribution in [0.3, 0.4) is 0 Å². The molecule has 0 unspecified atom stereocenters. The van der Waals surface area contributed by atoms with E-state index in [1.807, 2.05) is 0 Å². The maximum absolute atomic E-state index is 2.63. The second-order valence-corrected chi connectivity index (χ2v) is 6.92. The highest BCUT2D eigenvalue weighted by Gasteiger charge is 2.20. The Bertz CT molecular complexity index is 658. The largest absolute Gasteiger partial charge is 0.354 e. The summed E-state index contributed by atoms with van der Waals surface area (Å²) in [4.78, 5) is 5.23. The van der Waals surface area contributed by atoms with Gasteiger partial charge in [0.1, 0.15) is 0 Å². The number of likely N-dealkylation sites (tertiary alicyclic amines) is 1. The first kappa shape index (κ1) is 14.8. The molecule has 2 aliphatic heterocycles. The molecule has 2 heteroatoms. The molecular formula is C21H26N2. The van der Waals surface area contributed by atoms with Crippen molar-refractivity contribution in [2.24, 2.45) is 0 Å². The molecule has 2 aliphatic rings. The van der Waals surface area contributed by atoms with Crippen molar-refractivity contribution in [1.29, 1.82) is 0 Å². The van der Waals surface area contributed by atoms with Crippen LogP contribution in [-0.4, -0.2) is 24.7 Å². The number of hydrogen-bond acceptors (Lipinski definition) is 2. The van der Waals surface area contributed by atoms with E-state index >= 15 is 0 Å². The zero-order chi connectivity index (χ0) is 15.5. The summed E-state index contributed by atoms with van der Waals surface area (Å²) in [5.74, 6) is 0. The van der Waals surface area contributed by atoms with E-state index in [4.69, 9.17) is 0 Å². The number of anilines is 1. The Kier molecular flexibility index (Phi) is 4.34. The third kappa shape index (κ3) is 3.28. The molecule has 0 amide bonds. The first-order valence-electron chi connectivity index (χ1n) is 9.02. The fraction of sp³-hybridized carbons (Fsp3) is 0.429. The van der Waals surface area contributed by atoms with Gasteiger partial charge in [0, 0.05) is 12.2 Å². The van der Waals surface area contributed by atoms with Gasteiger partial charge in [-0.2, -0.15) is 0 Å². The molecule has 0 radical (unpaired) electrons. The molecule has 2 nitrogen and oxygen atoms in total. The van der Waals surface area contributed by atoms with Gasteiger partial charge < -0.3 is 4.90 Å². The van der Waals surface area contributed by atoms with E-state index in [-0.39, 0.29) is 0 Å². The molecule has 4 rings (SSSR count). The van der Waals surface area contributed by atoms with Crippen molar-refractivity contribution < 1.29 is 0 Å². The van der Waals surface area contributed by atoms with Gasteiger partial charge in [-0.05, 0) is 61.5 Å². The molecule has 0 aromatic heterocycles. The Balaban J connectivity index is 1.65. The van der Waals surface area contributed by atoms with Gasteiger partial charge in [0.05, 0.1) is 6.67 Å². The topological polar surface area (TPSA) is 6.48 Å². The third-order valence-corrected chi connectivity index (χ3v) is 5.29. The molecule has 120 valence electrons. The van der Waals surface area contributed by atoms with Crippen LogP contribution in [0.25, 0.3) is 0 Å². The minimum Gasteiger partial charge on any atom is -0.354 e. The molecule has 0 atom stereocenters. The van der Waals surface area contributed by atoms with Crippen LogP contribution in [0.15, 0.2) is 48.5 Å². The Morgan fingerprint density at radius 3 is 2.17 bits per heavy atom. The van der Waals surface area contributed by atoms with Crippen LogP contribution in [0.4, 0.5) is 5.69 Å². The van der Waals surface area contributed by atoms with Gasteiger partial charge in [-0.25, -0.2) is 0 Å². The summed E-state index contributed by atoms with van der Waals surface area (Å²) < 4.78 is 0. The van der Waals surface area contributed by atoms with Crippen molar-refractivity contribution in [3.63, 3.8) is 0 Å². The summed E-state index contributed by atoms with van der Waals surface area (Å²) >= 11 is 0. The average molecular weight is 306 g/mol. The maximum atomic E-state index is 2.63. The normalized spacial score (nSPS) is 18.7. The molecule has 1 fully saturated rings. The molecule has 2 aromatic rings. The molecule has 0 saturated carbocycles. The lowest BCUT2D eigenvalue weighted by Crippen LogP contribution is -2.41. The van der Waals surface area contributed by atoms with E-state index in [1.165, 1.54) is 54.7 Å². The summed E-state index contributed by atoms with van der Waals surface area (Å²) in [6, 6.07) is 18.0. The monoisotopic (exact) mass is 306 g/mol. The molecule has 2 heterocycles. The molecular weight excluding hydrogens is 280 g/mol. The van der Waals surface area contributed by atoms with E-state index < -0.39 is 0 Å². The lowest BCUT2D eigenvalue weighted by atomic mass is 9.95. The molecule has 0 aliphatic carbocycles. The fourth-order valence-corrected chi connectivity index (χ4v) is 4.01. The van der Waals surface area contributed by atoms with Crippen LogP contribution in [0.1, 0.15) is 36.0 Å². The number of hydrogen-bond donors (Lipinski definition) is 0. The number of nitrogens with zero attached hydrogens (tertiary/aromatic N) is 2. The molecule has 23 heavy (non-hydrogen) atoms. The van der Waals surface area contributed by atoms with E-state index in [0.29, 0.717) is 0 Å². The van der Waals surface area contributed by atoms with Gasteiger partial charge in [0.15, 0.2) is 0 Å². The van der Waals surface area contributed by atoms with Crippen LogP contribution < -0.4 is 4.90 Å². The number of rotatable bonds is 2. The zero-order valence-electron chi connectivity index (χ0n) is 13.9. The van der Waals surface area contributed by atoms with Crippen molar-refractivity contribution in [1.82, 2.24) is 4.90 Å². The molecule has 1 saturated heterocycles. The van der Waals surface area contributed by atoms with Crippen LogP contribution in [0, 0.1) is 0 Å².